The van der Waals surface area contributed by atoms with Crippen LogP contribution in [0.15, 0.2) is 30.3 Å². The zero-order valence-electron chi connectivity index (χ0n) is 21.7. The molecule has 0 saturated heterocycles. The molecule has 1 aliphatic rings. The molecule has 0 aliphatic carbocycles. The summed E-state index contributed by atoms with van der Waals surface area (Å²) in [5.74, 6) is 6.67. The molecule has 2 atom stereocenters. The quantitative estimate of drug-likeness (QED) is 0.231. The van der Waals surface area contributed by atoms with Crippen LogP contribution in [0, 0.1) is 6.92 Å². The third kappa shape index (κ3) is 5.21. The Morgan fingerprint density at radius 1 is 1.21 bits per heavy atom. The zero-order valence-corrected chi connectivity index (χ0v) is 22.6. The molecule has 2 aromatic rings. The number of carbonyl (C=O) groups is 1. The van der Waals surface area contributed by atoms with E-state index in [4.69, 9.17) is 20.5 Å². The van der Waals surface area contributed by atoms with Crippen LogP contribution < -0.4 is 16.6 Å². The summed E-state index contributed by atoms with van der Waals surface area (Å²) in [6.07, 6.45) is 2.52. The van der Waals surface area contributed by atoms with Crippen molar-refractivity contribution in [2.24, 2.45) is 5.84 Å². The van der Waals surface area contributed by atoms with Crippen molar-refractivity contribution >= 4 is 27.7 Å². The molecule has 0 fully saturated rings. The number of ether oxygens (including phenoxy) is 1. The fraction of sp³-hybridized carbons (Fsp3) is 0.519. The van der Waals surface area contributed by atoms with Gasteiger partial charge in [0.1, 0.15) is 0 Å². The van der Waals surface area contributed by atoms with Crippen LogP contribution in [0.3, 0.4) is 0 Å². The predicted molar refractivity (Wildman–Crippen MR) is 144 cm³/mol. The number of nitrogen functional groups attached to an aromatic ring is 1. The van der Waals surface area contributed by atoms with Crippen molar-refractivity contribution in [3.63, 3.8) is 0 Å². The number of nitrogens with zero attached hydrogens (tertiary/aromatic N) is 1. The van der Waals surface area contributed by atoms with Gasteiger partial charge in [-0.1, -0.05) is 45.0 Å². The minimum absolute atomic E-state index is 0.113. The molecule has 188 valence electrons. The van der Waals surface area contributed by atoms with Crippen molar-refractivity contribution < 1.29 is 13.7 Å². The maximum absolute atomic E-state index is 12.6. The number of carbonyl (C=O) groups excluding carboxylic acids is 1. The molecule has 7 heteroatoms. The van der Waals surface area contributed by atoms with Crippen molar-refractivity contribution in [2.75, 3.05) is 30.1 Å². The highest BCUT2D eigenvalue weighted by molar-refractivity contribution is 8.29. The molecule has 1 aliphatic heterocycles. The van der Waals surface area contributed by atoms with E-state index in [0.717, 1.165) is 28.1 Å². The summed E-state index contributed by atoms with van der Waals surface area (Å²) in [5.41, 5.74) is 13.5. The van der Waals surface area contributed by atoms with E-state index in [9.17, 15) is 4.79 Å². The molecule has 34 heavy (non-hydrogen) atoms. The highest BCUT2D eigenvalue weighted by Crippen LogP contribution is 2.62. The zero-order chi connectivity index (χ0) is 25.3. The minimum atomic E-state index is -1.22. The van der Waals surface area contributed by atoms with Crippen LogP contribution in [-0.4, -0.2) is 30.1 Å². The van der Waals surface area contributed by atoms with Gasteiger partial charge in [0.2, 0.25) is 0 Å². The molecule has 0 saturated carbocycles. The Hall–Kier alpha value is -2.22. The molecular formula is C27H41N3O3S. The Kier molecular flexibility index (Phi) is 7.90. The molecule has 4 N–H and O–H groups in total. The molecular weight excluding hydrogens is 446 g/mol. The minimum Gasteiger partial charge on any atom is -0.466 e. The lowest BCUT2D eigenvalue weighted by Crippen LogP contribution is -2.31. The van der Waals surface area contributed by atoms with Crippen LogP contribution in [0.2, 0.25) is 0 Å². The van der Waals surface area contributed by atoms with Crippen molar-refractivity contribution in [1.82, 2.24) is 0 Å². The standard InChI is InChI=1S/C27H41N3O3S/c1-8-30(29)24-13-12-22(18(3)26(24)28)23(15-25(31)32-9-2)19-10-11-20-17-34(7,27(4,5)6)33-16-21(20)14-19/h10-14,23H,8-9,15-17,28-29H2,1-7H3/t23-/m1/s1. The molecule has 0 amide bonds. The van der Waals surface area contributed by atoms with Crippen LogP contribution in [0.4, 0.5) is 11.4 Å². The van der Waals surface area contributed by atoms with Crippen molar-refractivity contribution in [2.45, 2.75) is 71.0 Å². The van der Waals surface area contributed by atoms with Crippen molar-refractivity contribution in [1.29, 1.82) is 0 Å². The summed E-state index contributed by atoms with van der Waals surface area (Å²) < 4.78 is 11.9. The van der Waals surface area contributed by atoms with E-state index < -0.39 is 10.3 Å². The maximum Gasteiger partial charge on any atom is 0.306 e. The number of benzene rings is 2. The second-order valence-corrected chi connectivity index (χ2v) is 13.9. The van der Waals surface area contributed by atoms with Gasteiger partial charge in [0, 0.05) is 23.0 Å². The second kappa shape index (κ2) is 10.2. The van der Waals surface area contributed by atoms with Crippen molar-refractivity contribution in [3.8, 4) is 0 Å². The number of anilines is 2. The Bertz CT molecular complexity index is 1050. The third-order valence-electron chi connectivity index (χ3n) is 7.07. The Morgan fingerprint density at radius 2 is 1.91 bits per heavy atom. The fourth-order valence-corrected chi connectivity index (χ4v) is 6.52. The van der Waals surface area contributed by atoms with E-state index in [2.05, 4.69) is 45.2 Å². The summed E-state index contributed by atoms with van der Waals surface area (Å²) >= 11 is 0. The topological polar surface area (TPSA) is 90.8 Å². The molecule has 3 rings (SSSR count). The molecule has 0 bridgehead atoms. The average molecular weight is 488 g/mol. The maximum atomic E-state index is 12.6. The number of esters is 1. The number of hydrogen-bond donors (Lipinski definition) is 2. The SMILES string of the molecule is CCOC(=O)C[C@H](c1ccc2c(c1)COS(C)(C(C)(C)C)C2)c1ccc(N(N)CC)c(N)c1C. The largest absolute Gasteiger partial charge is 0.466 e. The van der Waals surface area contributed by atoms with E-state index in [1.54, 1.807) is 5.01 Å². The smallest absolute Gasteiger partial charge is 0.306 e. The Morgan fingerprint density at radius 3 is 2.53 bits per heavy atom. The van der Waals surface area contributed by atoms with Crippen LogP contribution in [-0.2, 0) is 26.1 Å². The fourth-order valence-electron chi connectivity index (χ4n) is 4.39. The molecule has 2 aromatic carbocycles. The number of hydrazine groups is 1. The van der Waals surface area contributed by atoms with E-state index in [0.29, 0.717) is 25.4 Å². The number of fused-ring (bicyclic) bond motifs is 1. The first kappa shape index (κ1) is 26.4. The van der Waals surface area contributed by atoms with Crippen molar-refractivity contribution in [3.05, 3.63) is 58.1 Å². The van der Waals surface area contributed by atoms with Crippen LogP contribution in [0.1, 0.15) is 74.8 Å². The van der Waals surface area contributed by atoms with Gasteiger partial charge in [-0.05, 0) is 60.9 Å². The highest BCUT2D eigenvalue weighted by Gasteiger charge is 2.37. The van der Waals surface area contributed by atoms with Gasteiger partial charge >= 0.3 is 5.97 Å². The lowest BCUT2D eigenvalue weighted by Gasteiger charge is -2.49. The monoisotopic (exact) mass is 487 g/mol. The molecule has 1 heterocycles. The van der Waals surface area contributed by atoms with Gasteiger partial charge < -0.3 is 19.7 Å². The summed E-state index contributed by atoms with van der Waals surface area (Å²) in [6, 6.07) is 10.6. The van der Waals surface area contributed by atoms with E-state index >= 15 is 0 Å². The number of rotatable bonds is 7. The normalized spacial score (nSPS) is 20.7. The number of nitrogens with two attached hydrogens (primary N) is 2. The predicted octanol–water partition coefficient (Wildman–Crippen LogP) is 5.54. The van der Waals surface area contributed by atoms with Crippen LogP contribution >= 0.6 is 10.3 Å². The summed E-state index contributed by atoms with van der Waals surface area (Å²) in [6.45, 7) is 14.2. The Labute approximate surface area is 206 Å². The molecule has 6 nitrogen and oxygen atoms in total. The lowest BCUT2D eigenvalue weighted by atomic mass is 9.84. The number of hydrogen-bond acceptors (Lipinski definition) is 6. The molecule has 0 aromatic heterocycles. The summed E-state index contributed by atoms with van der Waals surface area (Å²) in [4.78, 5) is 12.6. The van der Waals surface area contributed by atoms with E-state index in [1.165, 1.54) is 11.1 Å². The molecule has 1 unspecified atom stereocenters. The van der Waals surface area contributed by atoms with Gasteiger partial charge in [-0.3, -0.25) is 4.79 Å². The van der Waals surface area contributed by atoms with Gasteiger partial charge in [-0.2, -0.15) is 0 Å². The van der Waals surface area contributed by atoms with Crippen LogP contribution in [0.25, 0.3) is 0 Å². The summed E-state index contributed by atoms with van der Waals surface area (Å²) in [7, 11) is -1.22. The van der Waals surface area contributed by atoms with Gasteiger partial charge in [0.25, 0.3) is 0 Å². The Balaban J connectivity index is 2.03. The van der Waals surface area contributed by atoms with Gasteiger partial charge in [0.05, 0.1) is 31.0 Å². The van der Waals surface area contributed by atoms with Gasteiger partial charge in [0.15, 0.2) is 0 Å². The molecule has 0 spiro atoms. The highest BCUT2D eigenvalue weighted by atomic mass is 32.3. The third-order valence-corrected chi connectivity index (χ3v) is 11.2. The van der Waals surface area contributed by atoms with Crippen LogP contribution in [0.5, 0.6) is 0 Å². The first-order valence-corrected chi connectivity index (χ1v) is 14.1. The first-order valence-electron chi connectivity index (χ1n) is 12.0. The summed E-state index contributed by atoms with van der Waals surface area (Å²) in [5, 5.41) is 1.64. The van der Waals surface area contributed by atoms with E-state index in [-0.39, 0.29) is 23.1 Å². The van der Waals surface area contributed by atoms with Gasteiger partial charge in [-0.15, -0.1) is 10.3 Å². The first-order chi connectivity index (χ1) is 15.9. The average Bonchev–Trinajstić information content (AvgIpc) is 2.78. The second-order valence-electron chi connectivity index (χ2n) is 10.1. The lowest BCUT2D eigenvalue weighted by molar-refractivity contribution is -0.143. The molecule has 0 radical (unpaired) electrons. The van der Waals surface area contributed by atoms with E-state index in [1.807, 2.05) is 32.9 Å². The van der Waals surface area contributed by atoms with Gasteiger partial charge in [-0.25, -0.2) is 5.84 Å².